The minimum absolute atomic E-state index is 0.0100. The molecule has 0 heterocycles. The Bertz CT molecular complexity index is 567. The molecule has 2 saturated carbocycles. The molecule has 0 spiro atoms. The third-order valence-corrected chi connectivity index (χ3v) is 7.30. The van der Waals surface area contributed by atoms with Gasteiger partial charge in [0.05, 0.1) is 12.2 Å². The molecule has 0 radical (unpaired) electrons. The Morgan fingerprint density at radius 1 is 1.24 bits per heavy atom. The van der Waals surface area contributed by atoms with Crippen LogP contribution in [0, 0.1) is 23.2 Å². The van der Waals surface area contributed by atoms with Crippen molar-refractivity contribution in [1.82, 2.24) is 0 Å². The van der Waals surface area contributed by atoms with Crippen molar-refractivity contribution in [2.24, 2.45) is 23.2 Å². The van der Waals surface area contributed by atoms with Crippen molar-refractivity contribution < 1.29 is 20.1 Å². The number of carboxylic acid groups (broad SMARTS) is 1. The maximum absolute atomic E-state index is 10.8. The molecule has 2 rings (SSSR count). The molecule has 166 valence electrons. The average molecular weight is 427 g/mol. The van der Waals surface area contributed by atoms with Gasteiger partial charge in [-0.3, -0.25) is 4.79 Å². The average Bonchev–Trinajstić information content (AvgIpc) is 2.87. The summed E-state index contributed by atoms with van der Waals surface area (Å²) in [4.78, 5) is 10.6. The van der Waals surface area contributed by atoms with E-state index in [1.54, 1.807) is 0 Å². The molecule has 0 aliphatic heterocycles. The number of aliphatic hydroxyl groups is 2. The Labute approximate surface area is 181 Å². The van der Waals surface area contributed by atoms with Crippen molar-refractivity contribution >= 4 is 17.6 Å². The number of alkyl halides is 1. The van der Waals surface area contributed by atoms with E-state index in [1.807, 2.05) is 6.08 Å². The van der Waals surface area contributed by atoms with Crippen molar-refractivity contribution in [3.63, 3.8) is 0 Å². The van der Waals surface area contributed by atoms with E-state index in [4.69, 9.17) is 16.7 Å². The highest BCUT2D eigenvalue weighted by atomic mass is 35.5. The lowest BCUT2D eigenvalue weighted by atomic mass is 9.60. The molecule has 0 bridgehead atoms. The van der Waals surface area contributed by atoms with Crippen LogP contribution in [0.4, 0.5) is 0 Å². The molecule has 2 fully saturated rings. The number of carboxylic acids is 1. The molecule has 1 unspecified atom stereocenters. The molecule has 0 aromatic carbocycles. The van der Waals surface area contributed by atoms with Gasteiger partial charge in [0, 0.05) is 17.7 Å². The summed E-state index contributed by atoms with van der Waals surface area (Å²) in [6, 6.07) is 0. The number of aliphatic carboxylic acids is 1. The predicted molar refractivity (Wildman–Crippen MR) is 118 cm³/mol. The van der Waals surface area contributed by atoms with Crippen LogP contribution in [0.25, 0.3) is 0 Å². The highest BCUT2D eigenvalue weighted by Crippen LogP contribution is 2.49. The third kappa shape index (κ3) is 7.11. The molecule has 4 nitrogen and oxygen atoms in total. The summed E-state index contributed by atoms with van der Waals surface area (Å²) >= 11 is 6.50. The molecular weight excluding hydrogens is 388 g/mol. The first kappa shape index (κ1) is 24.4. The largest absolute Gasteiger partial charge is 0.481 e. The highest BCUT2D eigenvalue weighted by molar-refractivity contribution is 6.21. The second kappa shape index (κ2) is 11.5. The number of halogens is 1. The Morgan fingerprint density at radius 3 is 2.55 bits per heavy atom. The quantitative estimate of drug-likeness (QED) is 0.224. The monoisotopic (exact) mass is 426 g/mol. The Hall–Kier alpha value is -0.840. The fraction of sp³-hybridized carbons (Fsp3) is 0.792. The van der Waals surface area contributed by atoms with Gasteiger partial charge in [0.1, 0.15) is 0 Å². The summed E-state index contributed by atoms with van der Waals surface area (Å²) in [6.45, 7) is 4.44. The zero-order valence-electron chi connectivity index (χ0n) is 18.0. The van der Waals surface area contributed by atoms with Crippen LogP contribution in [0.1, 0.15) is 78.1 Å². The molecule has 5 atom stereocenters. The number of allylic oxidation sites excluding steroid dienone is 2. The normalized spacial score (nSPS) is 30.3. The van der Waals surface area contributed by atoms with Gasteiger partial charge in [-0.15, -0.1) is 11.6 Å². The Kier molecular flexibility index (Phi) is 9.71. The summed E-state index contributed by atoms with van der Waals surface area (Å²) in [6.07, 6.45) is 15.6. The van der Waals surface area contributed by atoms with Gasteiger partial charge in [-0.2, -0.15) is 0 Å². The number of aliphatic hydroxyl groups excluding tert-OH is 2. The van der Waals surface area contributed by atoms with Gasteiger partial charge in [-0.1, -0.05) is 44.6 Å². The first-order valence-corrected chi connectivity index (χ1v) is 11.7. The van der Waals surface area contributed by atoms with Gasteiger partial charge >= 0.3 is 5.97 Å². The zero-order chi connectivity index (χ0) is 21.4. The van der Waals surface area contributed by atoms with Crippen molar-refractivity contribution in [1.29, 1.82) is 0 Å². The van der Waals surface area contributed by atoms with Gasteiger partial charge < -0.3 is 15.3 Å². The van der Waals surface area contributed by atoms with Crippen LogP contribution in [-0.2, 0) is 4.79 Å². The lowest BCUT2D eigenvalue weighted by molar-refractivity contribution is -0.137. The van der Waals surface area contributed by atoms with Crippen molar-refractivity contribution in [3.8, 4) is 0 Å². The standard InChI is InChI=1S/C24H39ClO4/c1-17(2)16-24(13-8-14-24)22(27)11-7-10-19-18(20(25)15-21(19)26)9-5-3-4-6-12-23(28)29/h3,5,7,10,17-22,26-27H,4,6,8-9,11-16H2,1-2H3,(H,28,29)/t18-,19-,20-,21-,22?/m1/s1. The van der Waals surface area contributed by atoms with Gasteiger partial charge in [-0.25, -0.2) is 0 Å². The van der Waals surface area contributed by atoms with Gasteiger partial charge in [0.2, 0.25) is 0 Å². The van der Waals surface area contributed by atoms with Crippen LogP contribution in [-0.4, -0.2) is 38.9 Å². The maximum atomic E-state index is 10.8. The number of unbranched alkanes of at least 4 members (excludes halogenated alkanes) is 1. The molecule has 2 aliphatic rings. The number of hydrogen-bond acceptors (Lipinski definition) is 3. The predicted octanol–water partition coefficient (Wildman–Crippen LogP) is 5.32. The van der Waals surface area contributed by atoms with E-state index in [1.165, 1.54) is 6.42 Å². The van der Waals surface area contributed by atoms with Gasteiger partial charge in [-0.05, 0) is 68.6 Å². The van der Waals surface area contributed by atoms with E-state index in [-0.39, 0.29) is 35.2 Å². The Morgan fingerprint density at radius 2 is 1.97 bits per heavy atom. The summed E-state index contributed by atoms with van der Waals surface area (Å²) < 4.78 is 0. The highest BCUT2D eigenvalue weighted by Gasteiger charge is 2.43. The third-order valence-electron chi connectivity index (χ3n) is 6.79. The van der Waals surface area contributed by atoms with Crippen LogP contribution >= 0.6 is 11.6 Å². The topological polar surface area (TPSA) is 77.8 Å². The van der Waals surface area contributed by atoms with Gasteiger partial charge in [0.25, 0.3) is 0 Å². The number of hydrogen-bond donors (Lipinski definition) is 3. The van der Waals surface area contributed by atoms with E-state index in [0.717, 1.165) is 32.1 Å². The first-order chi connectivity index (χ1) is 13.7. The minimum atomic E-state index is -0.761. The summed E-state index contributed by atoms with van der Waals surface area (Å²) in [7, 11) is 0. The number of rotatable bonds is 12. The molecule has 2 aliphatic carbocycles. The van der Waals surface area contributed by atoms with E-state index in [9.17, 15) is 15.0 Å². The SMILES string of the molecule is CC(C)CC1(C(O)CC=C[C@@H]2[C@@H](CC=CCCCC(=O)O)[C@H](Cl)C[C@H]2O)CCC1. The molecule has 0 amide bonds. The fourth-order valence-electron chi connectivity index (χ4n) is 5.14. The molecule has 3 N–H and O–H groups in total. The van der Waals surface area contributed by atoms with Crippen molar-refractivity contribution in [2.75, 3.05) is 0 Å². The lowest BCUT2D eigenvalue weighted by Crippen LogP contribution is -2.42. The molecule has 0 aromatic rings. The molecule has 29 heavy (non-hydrogen) atoms. The first-order valence-electron chi connectivity index (χ1n) is 11.3. The zero-order valence-corrected chi connectivity index (χ0v) is 18.7. The number of carbonyl (C=O) groups is 1. The van der Waals surface area contributed by atoms with E-state index < -0.39 is 12.1 Å². The van der Waals surface area contributed by atoms with Crippen LogP contribution < -0.4 is 0 Å². The van der Waals surface area contributed by atoms with E-state index in [2.05, 4.69) is 32.1 Å². The maximum Gasteiger partial charge on any atom is 0.303 e. The van der Waals surface area contributed by atoms with Crippen LogP contribution in [0.15, 0.2) is 24.3 Å². The molecule has 0 aromatic heterocycles. The second-order valence-electron chi connectivity index (χ2n) is 9.55. The van der Waals surface area contributed by atoms with Crippen molar-refractivity contribution in [3.05, 3.63) is 24.3 Å². The van der Waals surface area contributed by atoms with Crippen LogP contribution in [0.2, 0.25) is 0 Å². The summed E-state index contributed by atoms with van der Waals surface area (Å²) in [5, 5.41) is 29.9. The minimum Gasteiger partial charge on any atom is -0.481 e. The van der Waals surface area contributed by atoms with Gasteiger partial charge in [0.15, 0.2) is 0 Å². The van der Waals surface area contributed by atoms with E-state index >= 15 is 0 Å². The smallest absolute Gasteiger partial charge is 0.303 e. The summed E-state index contributed by atoms with van der Waals surface area (Å²) in [5.74, 6) is 0.0109. The van der Waals surface area contributed by atoms with E-state index in [0.29, 0.717) is 25.2 Å². The molecule has 0 saturated heterocycles. The van der Waals surface area contributed by atoms with Crippen molar-refractivity contribution in [2.45, 2.75) is 95.6 Å². The van der Waals surface area contributed by atoms with Crippen LogP contribution in [0.5, 0.6) is 0 Å². The fourth-order valence-corrected chi connectivity index (χ4v) is 5.59. The second-order valence-corrected chi connectivity index (χ2v) is 10.1. The molecule has 5 heteroatoms. The lowest BCUT2D eigenvalue weighted by Gasteiger charge is -2.46. The summed E-state index contributed by atoms with van der Waals surface area (Å²) in [5.41, 5.74) is 0.0832. The van der Waals surface area contributed by atoms with Crippen LogP contribution in [0.3, 0.4) is 0 Å². The molecular formula is C24H39ClO4. The Balaban J connectivity index is 1.86.